The first kappa shape index (κ1) is 26.9. The molecule has 0 aromatic heterocycles. The van der Waals surface area contributed by atoms with Crippen LogP contribution in [0.15, 0.2) is 23.2 Å². The molecule has 0 radical (unpaired) electrons. The van der Waals surface area contributed by atoms with E-state index in [9.17, 15) is 0 Å². The third kappa shape index (κ3) is 12.4. The third-order valence-corrected chi connectivity index (χ3v) is 3.81. The molecule has 1 rings (SSSR count). The molecule has 2 N–H and O–H groups in total. The number of ether oxygens (including phenoxy) is 3. The van der Waals surface area contributed by atoms with Gasteiger partial charge in [0, 0.05) is 32.3 Å². The third-order valence-electron chi connectivity index (χ3n) is 3.81. The SMILES string of the molecule is CCCCOCCOCCNC(=NC)NCc1ccc(C)cc1OC(C)C.I. The van der Waals surface area contributed by atoms with E-state index in [1.54, 1.807) is 7.05 Å². The van der Waals surface area contributed by atoms with Gasteiger partial charge in [-0.15, -0.1) is 24.0 Å². The van der Waals surface area contributed by atoms with Crippen molar-refractivity contribution >= 4 is 29.9 Å². The van der Waals surface area contributed by atoms with E-state index in [1.807, 2.05) is 13.8 Å². The zero-order valence-corrected chi connectivity index (χ0v) is 20.4. The fourth-order valence-corrected chi connectivity index (χ4v) is 2.38. The van der Waals surface area contributed by atoms with Crippen LogP contribution in [0.1, 0.15) is 44.7 Å². The molecule has 0 spiro atoms. The number of hydrogen-bond donors (Lipinski definition) is 2. The van der Waals surface area contributed by atoms with Crippen LogP contribution in [0.4, 0.5) is 0 Å². The van der Waals surface area contributed by atoms with Crippen LogP contribution in [0.3, 0.4) is 0 Å². The first-order chi connectivity index (χ1) is 13.1. The smallest absolute Gasteiger partial charge is 0.191 e. The monoisotopic (exact) mass is 507 g/mol. The number of guanidine groups is 1. The highest BCUT2D eigenvalue weighted by molar-refractivity contribution is 14.0. The summed E-state index contributed by atoms with van der Waals surface area (Å²) in [6, 6.07) is 6.26. The number of aliphatic imine (C=N–C) groups is 1. The van der Waals surface area contributed by atoms with Crippen LogP contribution >= 0.6 is 24.0 Å². The molecule has 0 aliphatic carbocycles. The first-order valence-corrected chi connectivity index (χ1v) is 9.93. The van der Waals surface area contributed by atoms with Crippen LogP contribution in [0.25, 0.3) is 0 Å². The van der Waals surface area contributed by atoms with Crippen molar-refractivity contribution in [3.63, 3.8) is 0 Å². The van der Waals surface area contributed by atoms with Crippen molar-refractivity contribution in [2.75, 3.05) is 40.0 Å². The highest BCUT2D eigenvalue weighted by Gasteiger charge is 2.07. The standard InChI is InChI=1S/C21H37N3O3.HI/c1-6-7-11-25-13-14-26-12-10-23-21(22-5)24-16-19-9-8-18(4)15-20(19)27-17(2)3;/h8-9,15,17H,6-7,10-14,16H2,1-5H3,(H2,22,23,24);1H. The normalized spacial score (nSPS) is 11.3. The van der Waals surface area contributed by atoms with E-state index >= 15 is 0 Å². The van der Waals surface area contributed by atoms with E-state index in [0.717, 1.165) is 36.7 Å². The van der Waals surface area contributed by atoms with E-state index in [2.05, 4.69) is 47.7 Å². The topological polar surface area (TPSA) is 64.1 Å². The zero-order valence-electron chi connectivity index (χ0n) is 18.0. The van der Waals surface area contributed by atoms with Gasteiger partial charge in [0.05, 0.1) is 25.9 Å². The summed E-state index contributed by atoms with van der Waals surface area (Å²) in [5, 5.41) is 6.58. The lowest BCUT2D eigenvalue weighted by atomic mass is 10.1. The highest BCUT2D eigenvalue weighted by atomic mass is 127. The van der Waals surface area contributed by atoms with Crippen molar-refractivity contribution in [1.82, 2.24) is 10.6 Å². The molecule has 0 aliphatic rings. The van der Waals surface area contributed by atoms with Crippen LogP contribution in [0.2, 0.25) is 0 Å². The van der Waals surface area contributed by atoms with Gasteiger partial charge >= 0.3 is 0 Å². The Morgan fingerprint density at radius 2 is 1.79 bits per heavy atom. The summed E-state index contributed by atoms with van der Waals surface area (Å²) in [4.78, 5) is 4.25. The summed E-state index contributed by atoms with van der Waals surface area (Å²) in [7, 11) is 1.76. The lowest BCUT2D eigenvalue weighted by molar-refractivity contribution is 0.0487. The molecule has 0 aliphatic heterocycles. The highest BCUT2D eigenvalue weighted by Crippen LogP contribution is 2.21. The number of nitrogens with zero attached hydrogens (tertiary/aromatic N) is 1. The van der Waals surface area contributed by atoms with Crippen molar-refractivity contribution < 1.29 is 14.2 Å². The summed E-state index contributed by atoms with van der Waals surface area (Å²) < 4.78 is 16.9. The maximum Gasteiger partial charge on any atom is 0.191 e. The fraction of sp³-hybridized carbons (Fsp3) is 0.667. The molecule has 0 bridgehead atoms. The van der Waals surface area contributed by atoms with Crippen molar-refractivity contribution in [3.05, 3.63) is 29.3 Å². The number of rotatable bonds is 13. The average molecular weight is 507 g/mol. The number of benzene rings is 1. The number of nitrogens with one attached hydrogen (secondary N) is 2. The van der Waals surface area contributed by atoms with Gasteiger partial charge in [-0.1, -0.05) is 25.5 Å². The summed E-state index contributed by atoms with van der Waals surface area (Å²) in [6.07, 6.45) is 2.41. The molecule has 162 valence electrons. The quantitative estimate of drug-likeness (QED) is 0.184. The molecule has 0 amide bonds. The number of aryl methyl sites for hydroxylation is 1. The first-order valence-electron chi connectivity index (χ1n) is 9.93. The fourth-order valence-electron chi connectivity index (χ4n) is 2.38. The maximum atomic E-state index is 5.92. The van der Waals surface area contributed by atoms with Gasteiger partial charge in [0.2, 0.25) is 0 Å². The van der Waals surface area contributed by atoms with Crippen LogP contribution in [0.5, 0.6) is 5.75 Å². The molecule has 0 unspecified atom stereocenters. The molecule has 0 atom stereocenters. The lowest BCUT2D eigenvalue weighted by Gasteiger charge is -2.17. The van der Waals surface area contributed by atoms with E-state index in [-0.39, 0.29) is 30.1 Å². The summed E-state index contributed by atoms with van der Waals surface area (Å²) in [5.41, 5.74) is 2.30. The Bertz CT molecular complexity index is 554. The molecule has 0 fully saturated rings. The molecule has 1 aromatic carbocycles. The lowest BCUT2D eigenvalue weighted by Crippen LogP contribution is -2.38. The average Bonchev–Trinajstić information content (AvgIpc) is 2.63. The Labute approximate surface area is 187 Å². The van der Waals surface area contributed by atoms with Gasteiger partial charge in [-0.05, 0) is 38.8 Å². The Hall–Kier alpha value is -1.06. The van der Waals surface area contributed by atoms with Gasteiger partial charge in [-0.25, -0.2) is 0 Å². The predicted molar refractivity (Wildman–Crippen MR) is 127 cm³/mol. The van der Waals surface area contributed by atoms with Gasteiger partial charge in [-0.3, -0.25) is 4.99 Å². The van der Waals surface area contributed by atoms with Crippen molar-refractivity contribution in [1.29, 1.82) is 0 Å². The summed E-state index contributed by atoms with van der Waals surface area (Å²) >= 11 is 0. The summed E-state index contributed by atoms with van der Waals surface area (Å²) in [6.45, 7) is 12.3. The molecule has 7 heteroatoms. The Morgan fingerprint density at radius 3 is 2.43 bits per heavy atom. The second-order valence-electron chi connectivity index (χ2n) is 6.71. The van der Waals surface area contributed by atoms with Gasteiger partial charge in [0.15, 0.2) is 5.96 Å². The van der Waals surface area contributed by atoms with Gasteiger partial charge in [0.25, 0.3) is 0 Å². The minimum absolute atomic E-state index is 0. The molecule has 0 heterocycles. The van der Waals surface area contributed by atoms with E-state index in [4.69, 9.17) is 14.2 Å². The Morgan fingerprint density at radius 1 is 1.07 bits per heavy atom. The van der Waals surface area contributed by atoms with E-state index < -0.39 is 0 Å². The van der Waals surface area contributed by atoms with Crippen molar-refractivity contribution in [3.8, 4) is 5.75 Å². The van der Waals surface area contributed by atoms with Crippen LogP contribution < -0.4 is 15.4 Å². The van der Waals surface area contributed by atoms with Gasteiger partial charge in [-0.2, -0.15) is 0 Å². The molecule has 6 nitrogen and oxygen atoms in total. The van der Waals surface area contributed by atoms with Crippen molar-refractivity contribution in [2.45, 2.75) is 53.2 Å². The largest absolute Gasteiger partial charge is 0.491 e. The number of halogens is 1. The number of unbranched alkanes of at least 4 members (excludes halogenated alkanes) is 1. The maximum absolute atomic E-state index is 5.92. The molecule has 1 aromatic rings. The molecule has 0 saturated carbocycles. The zero-order chi connectivity index (χ0) is 19.9. The van der Waals surface area contributed by atoms with Gasteiger partial charge < -0.3 is 24.8 Å². The summed E-state index contributed by atoms with van der Waals surface area (Å²) in [5.74, 6) is 1.66. The minimum atomic E-state index is 0. The van der Waals surface area contributed by atoms with E-state index in [0.29, 0.717) is 32.9 Å². The predicted octanol–water partition coefficient (Wildman–Crippen LogP) is 3.90. The minimum Gasteiger partial charge on any atom is -0.491 e. The molecule has 28 heavy (non-hydrogen) atoms. The van der Waals surface area contributed by atoms with Crippen LogP contribution in [-0.4, -0.2) is 52.1 Å². The Balaban J connectivity index is 0.00000729. The van der Waals surface area contributed by atoms with Crippen LogP contribution in [-0.2, 0) is 16.0 Å². The van der Waals surface area contributed by atoms with Crippen LogP contribution in [0, 0.1) is 6.92 Å². The van der Waals surface area contributed by atoms with Crippen molar-refractivity contribution in [2.24, 2.45) is 4.99 Å². The number of hydrogen-bond acceptors (Lipinski definition) is 4. The molecular weight excluding hydrogens is 469 g/mol. The molecule has 0 saturated heterocycles. The Kier molecular flexibility index (Phi) is 16.2. The second-order valence-corrected chi connectivity index (χ2v) is 6.71. The second kappa shape index (κ2) is 16.9. The van der Waals surface area contributed by atoms with Gasteiger partial charge in [0.1, 0.15) is 5.75 Å². The molecular formula is C21H38IN3O3. The van der Waals surface area contributed by atoms with E-state index in [1.165, 1.54) is 5.56 Å².